The van der Waals surface area contributed by atoms with Gasteiger partial charge < -0.3 is 5.32 Å². The molecule has 1 heteroatoms. The quantitative estimate of drug-likeness (QED) is 0.817. The van der Waals surface area contributed by atoms with Gasteiger partial charge in [-0.2, -0.15) is 0 Å². The van der Waals surface area contributed by atoms with Crippen LogP contribution < -0.4 is 5.32 Å². The number of aryl methyl sites for hydroxylation is 1. The molecule has 1 nitrogen and oxygen atoms in total. The minimum absolute atomic E-state index is 0.579. The summed E-state index contributed by atoms with van der Waals surface area (Å²) < 4.78 is 0. The highest BCUT2D eigenvalue weighted by atomic mass is 14.9. The third-order valence-corrected chi connectivity index (χ3v) is 3.54. The monoisotopic (exact) mass is 217 g/mol. The Hall–Kier alpha value is -0.820. The molecule has 16 heavy (non-hydrogen) atoms. The molecule has 1 atom stereocenters. The van der Waals surface area contributed by atoms with E-state index in [0.29, 0.717) is 6.04 Å². The lowest BCUT2D eigenvalue weighted by Gasteiger charge is -2.29. The molecule has 0 amide bonds. The lowest BCUT2D eigenvalue weighted by molar-refractivity contribution is 0.413. The maximum Gasteiger partial charge on any atom is 0.0325 e. The molecule has 88 valence electrons. The van der Waals surface area contributed by atoms with Crippen molar-refractivity contribution in [3.63, 3.8) is 0 Å². The van der Waals surface area contributed by atoms with Crippen molar-refractivity contribution in [3.05, 3.63) is 34.9 Å². The van der Waals surface area contributed by atoms with Crippen molar-refractivity contribution >= 4 is 0 Å². The van der Waals surface area contributed by atoms with E-state index in [1.165, 1.54) is 12.8 Å². The molecule has 1 aromatic carbocycles. The third kappa shape index (κ3) is 2.30. The first kappa shape index (κ1) is 11.7. The second-order valence-corrected chi connectivity index (χ2v) is 5.22. The number of fused-ring (bicyclic) bond motifs is 1. The summed E-state index contributed by atoms with van der Waals surface area (Å²) >= 11 is 0. The number of hydrogen-bond donors (Lipinski definition) is 1. The predicted octanol–water partition coefficient (Wildman–Crippen LogP) is 3.48. The van der Waals surface area contributed by atoms with Gasteiger partial charge in [0.1, 0.15) is 0 Å². The Bertz CT molecular complexity index is 354. The molecular formula is C15H23N. The van der Waals surface area contributed by atoms with E-state index in [0.717, 1.165) is 18.9 Å². The summed E-state index contributed by atoms with van der Waals surface area (Å²) in [7, 11) is 0. The largest absolute Gasteiger partial charge is 0.310 e. The summed E-state index contributed by atoms with van der Waals surface area (Å²) in [6.45, 7) is 8.01. The molecule has 1 N–H and O–H groups in total. The first-order chi connectivity index (χ1) is 7.72. The lowest BCUT2D eigenvalue weighted by Crippen LogP contribution is -2.31. The topological polar surface area (TPSA) is 12.0 Å². The first-order valence-corrected chi connectivity index (χ1v) is 6.56. The predicted molar refractivity (Wildman–Crippen MR) is 69.7 cm³/mol. The van der Waals surface area contributed by atoms with Crippen molar-refractivity contribution in [1.82, 2.24) is 5.32 Å². The van der Waals surface area contributed by atoms with E-state index >= 15 is 0 Å². The Balaban J connectivity index is 2.31. The van der Waals surface area contributed by atoms with Gasteiger partial charge in [0.2, 0.25) is 0 Å². The maximum absolute atomic E-state index is 3.66. The lowest BCUT2D eigenvalue weighted by atomic mass is 9.86. The highest BCUT2D eigenvalue weighted by Crippen LogP contribution is 2.30. The van der Waals surface area contributed by atoms with Gasteiger partial charge in [0.05, 0.1) is 0 Å². The SMILES string of the molecule is CCc1cccc2c1CCNC2CC(C)C. The molecule has 0 radical (unpaired) electrons. The Kier molecular flexibility index (Phi) is 3.65. The summed E-state index contributed by atoms with van der Waals surface area (Å²) in [6, 6.07) is 7.40. The van der Waals surface area contributed by atoms with Crippen LogP contribution in [0.4, 0.5) is 0 Å². The van der Waals surface area contributed by atoms with Crippen LogP contribution in [0.1, 0.15) is 49.9 Å². The van der Waals surface area contributed by atoms with Gasteiger partial charge >= 0.3 is 0 Å². The molecule has 0 aromatic heterocycles. The second-order valence-electron chi connectivity index (χ2n) is 5.22. The maximum atomic E-state index is 3.66. The molecule has 1 aromatic rings. The number of benzene rings is 1. The van der Waals surface area contributed by atoms with Gasteiger partial charge in [0.15, 0.2) is 0 Å². The molecule has 0 aliphatic carbocycles. The average Bonchev–Trinajstić information content (AvgIpc) is 2.28. The minimum Gasteiger partial charge on any atom is -0.310 e. The zero-order valence-electron chi connectivity index (χ0n) is 10.7. The van der Waals surface area contributed by atoms with Crippen molar-refractivity contribution in [2.75, 3.05) is 6.54 Å². The highest BCUT2D eigenvalue weighted by Gasteiger charge is 2.21. The molecular weight excluding hydrogens is 194 g/mol. The Morgan fingerprint density at radius 3 is 2.88 bits per heavy atom. The van der Waals surface area contributed by atoms with Crippen LogP contribution in [0.3, 0.4) is 0 Å². The Morgan fingerprint density at radius 2 is 2.19 bits per heavy atom. The molecule has 0 saturated heterocycles. The molecule has 1 unspecified atom stereocenters. The van der Waals surface area contributed by atoms with Gasteiger partial charge in [-0.15, -0.1) is 0 Å². The van der Waals surface area contributed by atoms with Gasteiger partial charge in [0, 0.05) is 6.04 Å². The van der Waals surface area contributed by atoms with Gasteiger partial charge in [-0.25, -0.2) is 0 Å². The van der Waals surface area contributed by atoms with Crippen LogP contribution in [-0.4, -0.2) is 6.54 Å². The van der Waals surface area contributed by atoms with Crippen LogP contribution in [0.25, 0.3) is 0 Å². The van der Waals surface area contributed by atoms with Crippen molar-refractivity contribution in [1.29, 1.82) is 0 Å². The van der Waals surface area contributed by atoms with Crippen LogP contribution in [0.5, 0.6) is 0 Å². The molecule has 0 saturated carbocycles. The van der Waals surface area contributed by atoms with Crippen molar-refractivity contribution in [2.45, 2.75) is 46.1 Å². The standard InChI is InChI=1S/C15H23N/c1-4-12-6-5-7-14-13(12)8-9-16-15(14)10-11(2)3/h5-7,11,15-16H,4,8-10H2,1-3H3. The molecule has 1 aliphatic rings. The summed E-state index contributed by atoms with van der Waals surface area (Å²) in [5.41, 5.74) is 4.72. The third-order valence-electron chi connectivity index (χ3n) is 3.54. The average molecular weight is 217 g/mol. The fourth-order valence-electron chi connectivity index (χ4n) is 2.78. The minimum atomic E-state index is 0.579. The van der Waals surface area contributed by atoms with E-state index in [1.807, 2.05) is 0 Å². The van der Waals surface area contributed by atoms with Crippen molar-refractivity contribution in [2.24, 2.45) is 5.92 Å². The summed E-state index contributed by atoms with van der Waals surface area (Å²) in [6.07, 6.45) is 3.62. The fourth-order valence-corrected chi connectivity index (χ4v) is 2.78. The molecule has 2 rings (SSSR count). The zero-order valence-corrected chi connectivity index (χ0v) is 10.7. The van der Waals surface area contributed by atoms with Crippen LogP contribution >= 0.6 is 0 Å². The molecule has 0 spiro atoms. The summed E-state index contributed by atoms with van der Waals surface area (Å²) in [4.78, 5) is 0. The summed E-state index contributed by atoms with van der Waals surface area (Å²) in [5, 5.41) is 3.66. The molecule has 0 fully saturated rings. The van der Waals surface area contributed by atoms with E-state index in [4.69, 9.17) is 0 Å². The normalized spacial score (nSPS) is 19.9. The zero-order chi connectivity index (χ0) is 11.5. The number of rotatable bonds is 3. The first-order valence-electron chi connectivity index (χ1n) is 6.56. The molecule has 1 heterocycles. The highest BCUT2D eigenvalue weighted by molar-refractivity contribution is 5.39. The fraction of sp³-hybridized carbons (Fsp3) is 0.600. The molecule has 0 bridgehead atoms. The van der Waals surface area contributed by atoms with E-state index in [2.05, 4.69) is 44.3 Å². The number of nitrogens with one attached hydrogen (secondary N) is 1. The van der Waals surface area contributed by atoms with Crippen LogP contribution in [0.2, 0.25) is 0 Å². The summed E-state index contributed by atoms with van der Waals surface area (Å²) in [5.74, 6) is 0.758. The van der Waals surface area contributed by atoms with E-state index in [1.54, 1.807) is 16.7 Å². The van der Waals surface area contributed by atoms with Gasteiger partial charge in [0.25, 0.3) is 0 Å². The van der Waals surface area contributed by atoms with Crippen molar-refractivity contribution < 1.29 is 0 Å². The van der Waals surface area contributed by atoms with Gasteiger partial charge in [-0.1, -0.05) is 39.0 Å². The van der Waals surface area contributed by atoms with E-state index in [9.17, 15) is 0 Å². The van der Waals surface area contributed by atoms with Crippen LogP contribution in [0, 0.1) is 5.92 Å². The number of hydrogen-bond acceptors (Lipinski definition) is 1. The second kappa shape index (κ2) is 5.01. The molecule has 1 aliphatic heterocycles. The van der Waals surface area contributed by atoms with E-state index in [-0.39, 0.29) is 0 Å². The Labute approximate surface area is 99.3 Å². The van der Waals surface area contributed by atoms with Crippen molar-refractivity contribution in [3.8, 4) is 0 Å². The van der Waals surface area contributed by atoms with Gasteiger partial charge in [-0.05, 0) is 48.4 Å². The van der Waals surface area contributed by atoms with Crippen LogP contribution in [-0.2, 0) is 12.8 Å². The van der Waals surface area contributed by atoms with Gasteiger partial charge in [-0.3, -0.25) is 0 Å². The van der Waals surface area contributed by atoms with E-state index < -0.39 is 0 Å². The smallest absolute Gasteiger partial charge is 0.0325 e. The Morgan fingerprint density at radius 1 is 1.38 bits per heavy atom. The van der Waals surface area contributed by atoms with Crippen LogP contribution in [0.15, 0.2) is 18.2 Å².